The summed E-state index contributed by atoms with van der Waals surface area (Å²) in [6.45, 7) is 5.06. The molecule has 0 spiro atoms. The van der Waals surface area contributed by atoms with E-state index in [1.54, 1.807) is 7.11 Å². The molecule has 0 aliphatic carbocycles. The van der Waals surface area contributed by atoms with Gasteiger partial charge in [-0.1, -0.05) is 0 Å². The first-order chi connectivity index (χ1) is 7.43. The molecule has 1 N–H and O–H groups in total. The van der Waals surface area contributed by atoms with E-state index in [9.17, 15) is 0 Å². The van der Waals surface area contributed by atoms with Crippen molar-refractivity contribution < 1.29 is 14.2 Å². The molecule has 4 heteroatoms. The highest BCUT2D eigenvalue weighted by Crippen LogP contribution is 2.05. The molecule has 0 bridgehead atoms. The maximum Gasteiger partial charge on any atom is 0.0700 e. The van der Waals surface area contributed by atoms with Crippen LogP contribution in [0.25, 0.3) is 0 Å². The van der Waals surface area contributed by atoms with Gasteiger partial charge in [-0.05, 0) is 25.8 Å². The summed E-state index contributed by atoms with van der Waals surface area (Å²) in [4.78, 5) is 0. The number of rotatable bonds is 8. The Morgan fingerprint density at radius 2 is 2.00 bits per heavy atom. The fourth-order valence-electron chi connectivity index (χ4n) is 1.63. The minimum Gasteiger partial charge on any atom is -0.382 e. The lowest BCUT2D eigenvalue weighted by atomic mass is 10.1. The highest BCUT2D eigenvalue weighted by atomic mass is 16.5. The molecule has 0 aromatic carbocycles. The first kappa shape index (κ1) is 12.9. The van der Waals surface area contributed by atoms with Gasteiger partial charge in [0.25, 0.3) is 0 Å². The van der Waals surface area contributed by atoms with E-state index < -0.39 is 0 Å². The summed E-state index contributed by atoms with van der Waals surface area (Å²) >= 11 is 0. The third-order valence-electron chi connectivity index (χ3n) is 2.55. The summed E-state index contributed by atoms with van der Waals surface area (Å²) in [6, 6.07) is 0.651. The summed E-state index contributed by atoms with van der Waals surface area (Å²) in [6.07, 6.45) is 3.36. The van der Waals surface area contributed by atoms with Gasteiger partial charge in [0.15, 0.2) is 0 Å². The fourth-order valence-corrected chi connectivity index (χ4v) is 1.63. The highest BCUT2D eigenvalue weighted by molar-refractivity contribution is 4.69. The van der Waals surface area contributed by atoms with E-state index in [0.29, 0.717) is 19.3 Å². The molecule has 0 aromatic rings. The van der Waals surface area contributed by atoms with Gasteiger partial charge in [0, 0.05) is 33.0 Å². The topological polar surface area (TPSA) is 39.7 Å². The zero-order chi connectivity index (χ0) is 10.8. The van der Waals surface area contributed by atoms with Crippen LogP contribution in [0.1, 0.15) is 19.3 Å². The van der Waals surface area contributed by atoms with E-state index in [-0.39, 0.29) is 0 Å². The van der Waals surface area contributed by atoms with Crippen molar-refractivity contribution in [2.45, 2.75) is 25.3 Å². The molecular weight excluding hydrogens is 194 g/mol. The molecule has 0 amide bonds. The molecule has 90 valence electrons. The molecule has 1 fully saturated rings. The van der Waals surface area contributed by atoms with Gasteiger partial charge >= 0.3 is 0 Å². The van der Waals surface area contributed by atoms with Gasteiger partial charge in [-0.25, -0.2) is 0 Å². The maximum atomic E-state index is 5.37. The molecule has 4 nitrogen and oxygen atoms in total. The van der Waals surface area contributed by atoms with Gasteiger partial charge in [-0.2, -0.15) is 0 Å². The van der Waals surface area contributed by atoms with Gasteiger partial charge in [0.1, 0.15) is 0 Å². The van der Waals surface area contributed by atoms with Crippen molar-refractivity contribution in [1.29, 1.82) is 0 Å². The van der Waals surface area contributed by atoms with Gasteiger partial charge in [0.05, 0.1) is 13.2 Å². The summed E-state index contributed by atoms with van der Waals surface area (Å²) in [7, 11) is 1.69. The standard InChI is InChI=1S/C11H23NO3/c1-13-9-10-14-6-2-5-12-11-3-7-15-8-4-11/h11-12H,2-10H2,1H3. The van der Waals surface area contributed by atoms with Crippen molar-refractivity contribution in [1.82, 2.24) is 5.32 Å². The van der Waals surface area contributed by atoms with E-state index in [4.69, 9.17) is 14.2 Å². The lowest BCUT2D eigenvalue weighted by Gasteiger charge is -2.23. The van der Waals surface area contributed by atoms with Crippen LogP contribution in [0.4, 0.5) is 0 Å². The third-order valence-corrected chi connectivity index (χ3v) is 2.55. The molecule has 0 unspecified atom stereocenters. The molecule has 1 heterocycles. The van der Waals surface area contributed by atoms with Crippen molar-refractivity contribution in [2.75, 3.05) is 46.7 Å². The second kappa shape index (κ2) is 9.09. The Balaban J connectivity index is 1.79. The summed E-state index contributed by atoms with van der Waals surface area (Å²) < 4.78 is 15.6. The fraction of sp³-hybridized carbons (Fsp3) is 1.00. The Morgan fingerprint density at radius 1 is 1.20 bits per heavy atom. The molecule has 1 aliphatic rings. The number of hydrogen-bond donors (Lipinski definition) is 1. The van der Waals surface area contributed by atoms with Crippen LogP contribution in [0, 0.1) is 0 Å². The Morgan fingerprint density at radius 3 is 2.73 bits per heavy atom. The zero-order valence-corrected chi connectivity index (χ0v) is 9.67. The Kier molecular flexibility index (Phi) is 7.83. The summed E-state index contributed by atoms with van der Waals surface area (Å²) in [5.41, 5.74) is 0. The minimum absolute atomic E-state index is 0.651. The highest BCUT2D eigenvalue weighted by Gasteiger charge is 2.11. The second-order valence-electron chi connectivity index (χ2n) is 3.80. The second-order valence-corrected chi connectivity index (χ2v) is 3.80. The number of hydrogen-bond acceptors (Lipinski definition) is 4. The van der Waals surface area contributed by atoms with Crippen molar-refractivity contribution >= 4 is 0 Å². The molecule has 0 saturated carbocycles. The molecule has 1 saturated heterocycles. The molecule has 0 atom stereocenters. The maximum absolute atomic E-state index is 5.37. The van der Waals surface area contributed by atoms with Crippen LogP contribution in [0.3, 0.4) is 0 Å². The SMILES string of the molecule is COCCOCCCNC1CCOCC1. The Labute approximate surface area is 92.3 Å². The van der Waals surface area contributed by atoms with Crippen molar-refractivity contribution in [3.05, 3.63) is 0 Å². The van der Waals surface area contributed by atoms with E-state index in [1.165, 1.54) is 0 Å². The third kappa shape index (κ3) is 6.84. The molecule has 1 aliphatic heterocycles. The van der Waals surface area contributed by atoms with Gasteiger partial charge in [-0.3, -0.25) is 0 Å². The van der Waals surface area contributed by atoms with Crippen LogP contribution >= 0.6 is 0 Å². The molecule has 0 aromatic heterocycles. The van der Waals surface area contributed by atoms with Gasteiger partial charge in [0.2, 0.25) is 0 Å². The van der Waals surface area contributed by atoms with Crippen molar-refractivity contribution in [3.63, 3.8) is 0 Å². The zero-order valence-electron chi connectivity index (χ0n) is 9.67. The van der Waals surface area contributed by atoms with Crippen LogP contribution in [-0.2, 0) is 14.2 Å². The molecular formula is C11H23NO3. The first-order valence-electron chi connectivity index (χ1n) is 5.81. The largest absolute Gasteiger partial charge is 0.382 e. The van der Waals surface area contributed by atoms with Gasteiger partial charge in [-0.15, -0.1) is 0 Å². The Hall–Kier alpha value is -0.160. The van der Waals surface area contributed by atoms with E-state index >= 15 is 0 Å². The molecule has 15 heavy (non-hydrogen) atoms. The number of methoxy groups -OCH3 is 1. The lowest BCUT2D eigenvalue weighted by Crippen LogP contribution is -2.35. The summed E-state index contributed by atoms with van der Waals surface area (Å²) in [5.74, 6) is 0. The van der Waals surface area contributed by atoms with E-state index in [1.807, 2.05) is 0 Å². The monoisotopic (exact) mass is 217 g/mol. The van der Waals surface area contributed by atoms with Crippen LogP contribution in [0.2, 0.25) is 0 Å². The quantitative estimate of drug-likeness (QED) is 0.611. The minimum atomic E-state index is 0.651. The number of nitrogens with one attached hydrogen (secondary N) is 1. The molecule has 0 radical (unpaired) electrons. The Bertz CT molecular complexity index is 138. The summed E-state index contributed by atoms with van der Waals surface area (Å²) in [5, 5.41) is 3.52. The van der Waals surface area contributed by atoms with Gasteiger partial charge < -0.3 is 19.5 Å². The van der Waals surface area contributed by atoms with Crippen LogP contribution < -0.4 is 5.32 Å². The van der Waals surface area contributed by atoms with Crippen LogP contribution in [0.15, 0.2) is 0 Å². The first-order valence-corrected chi connectivity index (χ1v) is 5.81. The average molecular weight is 217 g/mol. The van der Waals surface area contributed by atoms with Crippen LogP contribution in [-0.4, -0.2) is 52.7 Å². The predicted molar refractivity (Wildman–Crippen MR) is 59.2 cm³/mol. The van der Waals surface area contributed by atoms with Crippen molar-refractivity contribution in [3.8, 4) is 0 Å². The average Bonchev–Trinajstić information content (AvgIpc) is 2.29. The normalized spacial score (nSPS) is 18.2. The predicted octanol–water partition coefficient (Wildman–Crippen LogP) is 0.808. The lowest BCUT2D eigenvalue weighted by molar-refractivity contribution is 0.0650. The van der Waals surface area contributed by atoms with E-state index in [2.05, 4.69) is 5.32 Å². The number of ether oxygens (including phenoxy) is 3. The molecule has 1 rings (SSSR count). The van der Waals surface area contributed by atoms with E-state index in [0.717, 1.165) is 45.6 Å². The van der Waals surface area contributed by atoms with Crippen molar-refractivity contribution in [2.24, 2.45) is 0 Å². The smallest absolute Gasteiger partial charge is 0.0700 e. The van der Waals surface area contributed by atoms with Crippen LogP contribution in [0.5, 0.6) is 0 Å².